The van der Waals surface area contributed by atoms with E-state index in [9.17, 15) is 4.79 Å². The van der Waals surface area contributed by atoms with Crippen LogP contribution >= 0.6 is 0 Å². The minimum absolute atomic E-state index is 0.212. The molecular weight excluding hydrogens is 216 g/mol. The van der Waals surface area contributed by atoms with Crippen molar-refractivity contribution in [1.82, 2.24) is 20.4 Å². The quantitative estimate of drug-likeness (QED) is 0.700. The Hall–Kier alpha value is -1.36. The van der Waals surface area contributed by atoms with Crippen LogP contribution in [0.25, 0.3) is 0 Å². The summed E-state index contributed by atoms with van der Waals surface area (Å²) in [5.74, 6) is 0.514. The molecule has 1 aliphatic carbocycles. The lowest BCUT2D eigenvalue weighted by Gasteiger charge is -2.06. The minimum atomic E-state index is 0.212. The van der Waals surface area contributed by atoms with Crippen LogP contribution in [-0.4, -0.2) is 28.8 Å². The highest BCUT2D eigenvalue weighted by atomic mass is 16.2. The molecule has 2 rings (SSSR count). The average molecular weight is 236 g/mol. The van der Waals surface area contributed by atoms with Crippen LogP contribution in [0.4, 0.5) is 0 Å². The number of aromatic nitrogens is 2. The summed E-state index contributed by atoms with van der Waals surface area (Å²) in [6.07, 6.45) is 4.01. The number of rotatable bonds is 6. The van der Waals surface area contributed by atoms with Gasteiger partial charge in [-0.05, 0) is 19.8 Å². The van der Waals surface area contributed by atoms with Gasteiger partial charge in [0.1, 0.15) is 0 Å². The second kappa shape index (κ2) is 5.31. The molecule has 5 nitrogen and oxygen atoms in total. The zero-order valence-corrected chi connectivity index (χ0v) is 10.5. The van der Waals surface area contributed by atoms with E-state index >= 15 is 0 Å². The van der Waals surface area contributed by atoms with Crippen LogP contribution in [0, 0.1) is 12.8 Å². The molecule has 1 aliphatic rings. The van der Waals surface area contributed by atoms with Crippen molar-refractivity contribution in [2.75, 3.05) is 13.1 Å². The minimum Gasteiger partial charge on any atom is -0.355 e. The predicted octanol–water partition coefficient (Wildman–Crippen LogP) is 0.344. The normalized spacial score (nSPS) is 14.9. The number of hydrogen-bond acceptors (Lipinski definition) is 3. The Bertz CT molecular complexity index is 395. The van der Waals surface area contributed by atoms with Crippen LogP contribution in [0.15, 0.2) is 6.20 Å². The zero-order valence-electron chi connectivity index (χ0n) is 10.5. The van der Waals surface area contributed by atoms with E-state index in [0.717, 1.165) is 25.9 Å². The van der Waals surface area contributed by atoms with Gasteiger partial charge in [0.2, 0.25) is 5.91 Å². The van der Waals surface area contributed by atoms with E-state index in [2.05, 4.69) is 22.7 Å². The third-order valence-electron chi connectivity index (χ3n) is 3.20. The van der Waals surface area contributed by atoms with Crippen molar-refractivity contribution in [3.63, 3.8) is 0 Å². The van der Waals surface area contributed by atoms with Crippen LogP contribution in [0.2, 0.25) is 0 Å². The summed E-state index contributed by atoms with van der Waals surface area (Å²) in [4.78, 5) is 11.3. The second-order valence-electron chi connectivity index (χ2n) is 4.62. The van der Waals surface area contributed by atoms with Crippen LogP contribution in [-0.2, 0) is 18.4 Å². The van der Waals surface area contributed by atoms with E-state index in [1.165, 1.54) is 11.3 Å². The third kappa shape index (κ3) is 3.30. The van der Waals surface area contributed by atoms with Crippen molar-refractivity contribution < 1.29 is 4.79 Å². The molecule has 17 heavy (non-hydrogen) atoms. The number of carbonyl (C=O) groups excluding carboxylic acids is 1. The molecule has 0 spiro atoms. The second-order valence-corrected chi connectivity index (χ2v) is 4.62. The van der Waals surface area contributed by atoms with Crippen molar-refractivity contribution in [1.29, 1.82) is 0 Å². The molecule has 0 atom stereocenters. The largest absolute Gasteiger partial charge is 0.355 e. The topological polar surface area (TPSA) is 58.9 Å². The fraction of sp³-hybridized carbons (Fsp3) is 0.667. The molecule has 0 saturated heterocycles. The number of aryl methyl sites for hydroxylation is 1. The Balaban J connectivity index is 1.59. The molecule has 1 aromatic rings. The summed E-state index contributed by atoms with van der Waals surface area (Å²) in [6.45, 7) is 4.36. The van der Waals surface area contributed by atoms with Gasteiger partial charge < -0.3 is 10.6 Å². The molecule has 94 valence electrons. The SMILES string of the molecule is Cc1c(CNCCNC(=O)C2CC2)cnn1C. The number of hydrogen-bond donors (Lipinski definition) is 2. The molecule has 1 heterocycles. The standard InChI is InChI=1S/C12H20N4O/c1-9-11(8-15-16(9)2)7-13-5-6-14-12(17)10-3-4-10/h8,10,13H,3-7H2,1-2H3,(H,14,17). The lowest BCUT2D eigenvalue weighted by atomic mass is 10.2. The molecule has 0 aliphatic heterocycles. The Morgan fingerprint density at radius 1 is 1.53 bits per heavy atom. The summed E-state index contributed by atoms with van der Waals surface area (Å²) in [7, 11) is 1.94. The highest BCUT2D eigenvalue weighted by Gasteiger charge is 2.28. The van der Waals surface area contributed by atoms with Crippen LogP contribution < -0.4 is 10.6 Å². The monoisotopic (exact) mass is 236 g/mol. The fourth-order valence-corrected chi connectivity index (χ4v) is 1.70. The average Bonchev–Trinajstić information content (AvgIpc) is 3.10. The Kier molecular flexibility index (Phi) is 3.78. The highest BCUT2D eigenvalue weighted by molar-refractivity contribution is 5.80. The van der Waals surface area contributed by atoms with Gasteiger partial charge in [-0.1, -0.05) is 0 Å². The van der Waals surface area contributed by atoms with Gasteiger partial charge in [-0.3, -0.25) is 9.48 Å². The first-order valence-corrected chi connectivity index (χ1v) is 6.14. The Morgan fingerprint density at radius 2 is 2.29 bits per heavy atom. The smallest absolute Gasteiger partial charge is 0.223 e. The first-order chi connectivity index (χ1) is 8.18. The number of nitrogens with zero attached hydrogens (tertiary/aromatic N) is 2. The van der Waals surface area contributed by atoms with Crippen LogP contribution in [0.5, 0.6) is 0 Å². The summed E-state index contributed by atoms with van der Waals surface area (Å²) >= 11 is 0. The van der Waals surface area contributed by atoms with Gasteiger partial charge >= 0.3 is 0 Å². The molecule has 5 heteroatoms. The molecule has 1 amide bonds. The zero-order chi connectivity index (χ0) is 12.3. The molecule has 0 aromatic carbocycles. The van der Waals surface area contributed by atoms with Crippen molar-refractivity contribution in [3.8, 4) is 0 Å². The van der Waals surface area contributed by atoms with Crippen molar-refractivity contribution >= 4 is 5.91 Å². The number of amides is 1. The van der Waals surface area contributed by atoms with E-state index in [-0.39, 0.29) is 5.91 Å². The van der Waals surface area contributed by atoms with Gasteiger partial charge in [0.15, 0.2) is 0 Å². The summed E-state index contributed by atoms with van der Waals surface area (Å²) in [6, 6.07) is 0. The molecular formula is C12H20N4O. The van der Waals surface area contributed by atoms with E-state index < -0.39 is 0 Å². The summed E-state index contributed by atoms with van der Waals surface area (Å²) in [5.41, 5.74) is 2.39. The molecule has 1 aromatic heterocycles. The first-order valence-electron chi connectivity index (χ1n) is 6.14. The molecule has 2 N–H and O–H groups in total. The molecule has 0 bridgehead atoms. The van der Waals surface area contributed by atoms with E-state index in [4.69, 9.17) is 0 Å². The maximum Gasteiger partial charge on any atom is 0.223 e. The fourth-order valence-electron chi connectivity index (χ4n) is 1.70. The highest BCUT2D eigenvalue weighted by Crippen LogP contribution is 2.28. The maximum atomic E-state index is 11.3. The summed E-state index contributed by atoms with van der Waals surface area (Å²) in [5, 5.41) is 10.4. The molecule has 1 saturated carbocycles. The first kappa shape index (κ1) is 12.1. The van der Waals surface area contributed by atoms with Crippen LogP contribution in [0.3, 0.4) is 0 Å². The van der Waals surface area contributed by atoms with E-state index in [1.54, 1.807) is 0 Å². The van der Waals surface area contributed by atoms with Gasteiger partial charge in [-0.25, -0.2) is 0 Å². The summed E-state index contributed by atoms with van der Waals surface area (Å²) < 4.78 is 1.87. The molecule has 1 fully saturated rings. The third-order valence-corrected chi connectivity index (χ3v) is 3.20. The van der Waals surface area contributed by atoms with E-state index in [1.807, 2.05) is 17.9 Å². The van der Waals surface area contributed by atoms with Gasteiger partial charge in [0.25, 0.3) is 0 Å². The van der Waals surface area contributed by atoms with Crippen LogP contribution in [0.1, 0.15) is 24.1 Å². The van der Waals surface area contributed by atoms with Gasteiger partial charge in [0, 0.05) is 43.9 Å². The lowest BCUT2D eigenvalue weighted by molar-refractivity contribution is -0.122. The van der Waals surface area contributed by atoms with E-state index in [0.29, 0.717) is 12.5 Å². The van der Waals surface area contributed by atoms with Crippen molar-refractivity contribution in [3.05, 3.63) is 17.5 Å². The van der Waals surface area contributed by atoms with Gasteiger partial charge in [0.05, 0.1) is 6.20 Å². The number of nitrogens with one attached hydrogen (secondary N) is 2. The predicted molar refractivity (Wildman–Crippen MR) is 65.4 cm³/mol. The maximum absolute atomic E-state index is 11.3. The Morgan fingerprint density at radius 3 is 2.88 bits per heavy atom. The lowest BCUT2D eigenvalue weighted by Crippen LogP contribution is -2.32. The van der Waals surface area contributed by atoms with Gasteiger partial charge in [-0.15, -0.1) is 0 Å². The molecule has 0 unspecified atom stereocenters. The van der Waals surface area contributed by atoms with Gasteiger partial charge in [-0.2, -0.15) is 5.10 Å². The Labute approximate surface area is 102 Å². The van der Waals surface area contributed by atoms with Crippen molar-refractivity contribution in [2.24, 2.45) is 13.0 Å². The number of carbonyl (C=O) groups is 1. The van der Waals surface area contributed by atoms with Crippen molar-refractivity contribution in [2.45, 2.75) is 26.3 Å². The molecule has 0 radical (unpaired) electrons.